The van der Waals surface area contributed by atoms with Gasteiger partial charge in [0, 0.05) is 30.7 Å². The van der Waals surface area contributed by atoms with E-state index in [9.17, 15) is 36.6 Å². The molecule has 0 saturated heterocycles. The van der Waals surface area contributed by atoms with E-state index < -0.39 is 48.5 Å². The Morgan fingerprint density at radius 1 is 1.20 bits per heavy atom. The monoisotopic (exact) mass is 584 g/mol. The fourth-order valence-electron chi connectivity index (χ4n) is 5.01. The minimum absolute atomic E-state index is 0.0686. The average molecular weight is 585 g/mol. The van der Waals surface area contributed by atoms with Crippen molar-refractivity contribution < 1.29 is 41.2 Å². The Hall–Kier alpha value is -3.62. The van der Waals surface area contributed by atoms with E-state index in [2.05, 4.69) is 25.9 Å². The number of imidazole rings is 1. The molecule has 2 aliphatic carbocycles. The Kier molecular flexibility index (Phi) is 7.74. The number of nitrogens with one attached hydrogen (secondary N) is 2. The van der Waals surface area contributed by atoms with Gasteiger partial charge in [-0.05, 0) is 37.7 Å². The van der Waals surface area contributed by atoms with Crippen LogP contribution in [-0.4, -0.2) is 48.8 Å². The molecule has 3 heterocycles. The predicted molar refractivity (Wildman–Crippen MR) is 132 cm³/mol. The molecule has 3 aromatic rings. The number of halogens is 5. The van der Waals surface area contributed by atoms with E-state index in [0.29, 0.717) is 11.4 Å². The normalized spacial score (nSPS) is 20.0. The van der Waals surface area contributed by atoms with Gasteiger partial charge in [0.2, 0.25) is 11.8 Å². The van der Waals surface area contributed by atoms with Crippen LogP contribution in [0.25, 0.3) is 5.65 Å². The zero-order valence-electron chi connectivity index (χ0n) is 22.0. The van der Waals surface area contributed by atoms with Crippen molar-refractivity contribution in [1.29, 1.82) is 0 Å². The molecule has 2 amide bonds. The molecule has 0 bridgehead atoms. The van der Waals surface area contributed by atoms with Gasteiger partial charge in [0.15, 0.2) is 11.9 Å². The van der Waals surface area contributed by atoms with Crippen LogP contribution >= 0.6 is 0 Å². The highest BCUT2D eigenvalue weighted by atomic mass is 19.4. The molecule has 0 radical (unpaired) electrons. The second kappa shape index (κ2) is 11.0. The molecule has 0 spiro atoms. The Morgan fingerprint density at radius 3 is 2.56 bits per heavy atom. The molecule has 15 heteroatoms. The van der Waals surface area contributed by atoms with Gasteiger partial charge in [-0.3, -0.25) is 9.59 Å². The zero-order valence-corrected chi connectivity index (χ0v) is 22.0. The number of hydrogen-bond donors (Lipinski definition) is 3. The summed E-state index contributed by atoms with van der Waals surface area (Å²) in [5, 5.41) is 23.5. The first-order valence-corrected chi connectivity index (χ1v) is 13.3. The van der Waals surface area contributed by atoms with Crippen molar-refractivity contribution in [3.8, 4) is 0 Å². The van der Waals surface area contributed by atoms with Gasteiger partial charge in [-0.25, -0.2) is 18.3 Å². The van der Waals surface area contributed by atoms with Crippen molar-refractivity contribution in [1.82, 2.24) is 30.4 Å². The minimum Gasteiger partial charge on any atom is -0.369 e. The molecule has 3 N–H and O–H groups in total. The van der Waals surface area contributed by atoms with E-state index in [1.54, 1.807) is 0 Å². The fraction of sp³-hybridized carbons (Fsp3) is 0.577. The van der Waals surface area contributed by atoms with Crippen LogP contribution in [-0.2, 0) is 4.79 Å². The quantitative estimate of drug-likeness (QED) is 0.247. The summed E-state index contributed by atoms with van der Waals surface area (Å²) in [6.45, 7) is 0.865. The summed E-state index contributed by atoms with van der Waals surface area (Å²) < 4.78 is 72.6. The Morgan fingerprint density at radius 2 is 1.90 bits per heavy atom. The summed E-state index contributed by atoms with van der Waals surface area (Å²) in [5.74, 6) is -6.35. The van der Waals surface area contributed by atoms with Crippen molar-refractivity contribution in [3.05, 3.63) is 47.2 Å². The van der Waals surface area contributed by atoms with E-state index in [1.807, 2.05) is 0 Å². The van der Waals surface area contributed by atoms with Gasteiger partial charge >= 0.3 is 6.18 Å². The predicted octanol–water partition coefficient (Wildman–Crippen LogP) is 4.59. The van der Waals surface area contributed by atoms with Crippen LogP contribution in [0.4, 0.5) is 22.0 Å². The molecule has 3 atom stereocenters. The van der Waals surface area contributed by atoms with Crippen LogP contribution in [0.1, 0.15) is 97.4 Å². The third kappa shape index (κ3) is 6.66. The first kappa shape index (κ1) is 28.9. The van der Waals surface area contributed by atoms with Crippen LogP contribution in [0.5, 0.6) is 0 Å². The highest BCUT2D eigenvalue weighted by molar-refractivity contribution is 5.95. The molecular formula is C26H29F5N6O4. The Labute approximate surface area is 230 Å². The number of rotatable bonds is 9. The number of nitrogens with zero attached hydrogens (tertiary/aromatic N) is 4. The topological polar surface area (TPSA) is 135 Å². The largest absolute Gasteiger partial charge is 0.392 e. The van der Waals surface area contributed by atoms with E-state index in [4.69, 9.17) is 4.52 Å². The Balaban J connectivity index is 1.36. The van der Waals surface area contributed by atoms with Crippen molar-refractivity contribution >= 4 is 17.5 Å². The van der Waals surface area contributed by atoms with E-state index in [-0.39, 0.29) is 54.3 Å². The number of hydrogen-bond acceptors (Lipinski definition) is 7. The summed E-state index contributed by atoms with van der Waals surface area (Å²) in [5.41, 5.74) is 1.46. The van der Waals surface area contributed by atoms with E-state index >= 15 is 0 Å². The summed E-state index contributed by atoms with van der Waals surface area (Å²) in [6.07, 6.45) is -1.66. The number of fused-ring (bicyclic) bond motifs is 1. The highest BCUT2D eigenvalue weighted by Gasteiger charge is 2.40. The molecule has 2 aliphatic rings. The van der Waals surface area contributed by atoms with E-state index in [0.717, 1.165) is 19.8 Å². The first-order valence-electron chi connectivity index (χ1n) is 13.3. The average Bonchev–Trinajstić information content (AvgIpc) is 3.46. The minimum atomic E-state index is -4.55. The molecule has 3 aromatic heterocycles. The van der Waals surface area contributed by atoms with Crippen LogP contribution in [0, 0.1) is 11.8 Å². The van der Waals surface area contributed by atoms with Crippen LogP contribution in [0.2, 0.25) is 0 Å². The van der Waals surface area contributed by atoms with Gasteiger partial charge in [0.25, 0.3) is 5.91 Å². The number of amides is 2. The lowest BCUT2D eigenvalue weighted by atomic mass is 9.81. The molecule has 222 valence electrons. The van der Waals surface area contributed by atoms with Gasteiger partial charge in [-0.15, -0.1) is 0 Å². The summed E-state index contributed by atoms with van der Waals surface area (Å²) in [6, 6.07) is 0.632. The van der Waals surface area contributed by atoms with Crippen LogP contribution in [0.15, 0.2) is 29.2 Å². The number of aromatic nitrogens is 4. The lowest BCUT2D eigenvalue weighted by molar-refractivity contribution is -0.174. The van der Waals surface area contributed by atoms with Gasteiger partial charge in [-0.1, -0.05) is 12.1 Å². The molecule has 2 fully saturated rings. The summed E-state index contributed by atoms with van der Waals surface area (Å²) in [4.78, 5) is 29.8. The number of carbonyl (C=O) groups excluding carboxylic acids is 2. The van der Waals surface area contributed by atoms with Gasteiger partial charge in [0.05, 0.1) is 35.7 Å². The first-order chi connectivity index (χ1) is 19.3. The molecule has 5 rings (SSSR count). The van der Waals surface area contributed by atoms with Gasteiger partial charge < -0.3 is 20.3 Å². The summed E-state index contributed by atoms with van der Waals surface area (Å²) in [7, 11) is 0. The molecule has 10 nitrogen and oxygen atoms in total. The van der Waals surface area contributed by atoms with Crippen LogP contribution in [0.3, 0.4) is 0 Å². The second-order valence-electron chi connectivity index (χ2n) is 10.9. The molecule has 0 aliphatic heterocycles. The molecule has 0 aromatic carbocycles. The maximum Gasteiger partial charge on any atom is 0.392 e. The Bertz CT molecular complexity index is 1410. The fourth-order valence-corrected chi connectivity index (χ4v) is 5.01. The highest BCUT2D eigenvalue weighted by Crippen LogP contribution is 2.43. The number of aliphatic hydroxyl groups excluding tert-OH is 1. The van der Waals surface area contributed by atoms with Gasteiger partial charge in [-0.2, -0.15) is 18.3 Å². The molecule has 41 heavy (non-hydrogen) atoms. The maximum absolute atomic E-state index is 13.9. The third-order valence-corrected chi connectivity index (χ3v) is 7.67. The maximum atomic E-state index is 13.9. The molecule has 2 saturated carbocycles. The molecular weight excluding hydrogens is 555 g/mol. The van der Waals surface area contributed by atoms with E-state index in [1.165, 1.54) is 29.2 Å². The lowest BCUT2D eigenvalue weighted by Crippen LogP contribution is -2.37. The van der Waals surface area contributed by atoms with Crippen molar-refractivity contribution in [2.24, 2.45) is 11.8 Å². The smallest absolute Gasteiger partial charge is 0.369 e. The zero-order chi connectivity index (χ0) is 29.5. The number of alkyl halides is 5. The van der Waals surface area contributed by atoms with Crippen LogP contribution < -0.4 is 10.6 Å². The van der Waals surface area contributed by atoms with Gasteiger partial charge in [0.1, 0.15) is 11.8 Å². The summed E-state index contributed by atoms with van der Waals surface area (Å²) >= 11 is 0. The van der Waals surface area contributed by atoms with Crippen molar-refractivity contribution in [2.75, 3.05) is 0 Å². The SMILES string of the molecule is C[C@H](CC(=O)N[C@H](O)c1cnn2cc([C@@H](NC(=O)c3conc3C3CC3)C3CCC(F)(F)CC3)nc2c1)C(F)(F)F. The molecule has 0 unspecified atom stereocenters. The lowest BCUT2D eigenvalue weighted by Gasteiger charge is -2.33. The standard InChI is InChI=1S/C26H29F5N6O4/c1-13(26(29,30)31)8-20(38)34-23(39)16-9-19-33-18(11-37(19)32-10-16)22(15-4-6-25(27,28)7-5-15)35-24(40)17-12-41-36-21(17)14-2-3-14/h9-15,22-23,39H,2-8H2,1H3,(H,34,38)(H,35,40)/t13-,22+,23-/m1/s1. The number of aliphatic hydroxyl groups is 1. The third-order valence-electron chi connectivity index (χ3n) is 7.67. The number of carbonyl (C=O) groups is 2. The second-order valence-corrected chi connectivity index (χ2v) is 10.9. The van der Waals surface area contributed by atoms with Crippen molar-refractivity contribution in [2.45, 2.75) is 82.2 Å². The van der Waals surface area contributed by atoms with Crippen molar-refractivity contribution in [3.63, 3.8) is 0 Å².